The Hall–Kier alpha value is -3.06. The van der Waals surface area contributed by atoms with Gasteiger partial charge in [0, 0.05) is 37.3 Å². The third-order valence-electron chi connectivity index (χ3n) is 5.36. The number of carbonyl (C=O) groups excluding carboxylic acids is 2. The molecule has 6 nitrogen and oxygen atoms in total. The third-order valence-corrected chi connectivity index (χ3v) is 6.23. The summed E-state index contributed by atoms with van der Waals surface area (Å²) >= 11 is 1.69. The van der Waals surface area contributed by atoms with Crippen LogP contribution < -0.4 is 4.74 Å². The highest BCUT2D eigenvalue weighted by molar-refractivity contribution is 7.09. The first-order valence-electron chi connectivity index (χ1n) is 10.0. The van der Waals surface area contributed by atoms with E-state index in [0.29, 0.717) is 44.8 Å². The second kappa shape index (κ2) is 9.17. The Morgan fingerprint density at radius 1 is 1.00 bits per heavy atom. The van der Waals surface area contributed by atoms with Gasteiger partial charge in [0.05, 0.1) is 20.1 Å². The zero-order valence-electron chi connectivity index (χ0n) is 17.0. The molecule has 30 heavy (non-hydrogen) atoms. The quantitative estimate of drug-likeness (QED) is 0.612. The van der Waals surface area contributed by atoms with Crippen molar-refractivity contribution < 1.29 is 14.3 Å². The molecule has 1 aromatic carbocycles. The number of methoxy groups -OCH3 is 1. The van der Waals surface area contributed by atoms with Crippen LogP contribution in [0.25, 0.3) is 0 Å². The van der Waals surface area contributed by atoms with E-state index in [-0.39, 0.29) is 11.8 Å². The molecule has 2 amide bonds. The van der Waals surface area contributed by atoms with Gasteiger partial charge in [-0.25, -0.2) is 0 Å². The summed E-state index contributed by atoms with van der Waals surface area (Å²) in [6.07, 6.45) is 2.29. The molecule has 0 unspecified atom stereocenters. The number of amides is 2. The van der Waals surface area contributed by atoms with Crippen LogP contribution in [0, 0.1) is 0 Å². The van der Waals surface area contributed by atoms with Gasteiger partial charge in [-0.3, -0.25) is 9.59 Å². The first-order valence-corrected chi connectivity index (χ1v) is 10.9. The fraction of sp³-hybridized carbons (Fsp3) is 0.304. The van der Waals surface area contributed by atoms with E-state index < -0.39 is 0 Å². The third kappa shape index (κ3) is 4.57. The molecule has 1 saturated heterocycles. The van der Waals surface area contributed by atoms with Crippen LogP contribution in [0.4, 0.5) is 0 Å². The smallest absolute Gasteiger partial charge is 0.270 e. The van der Waals surface area contributed by atoms with Crippen molar-refractivity contribution in [3.8, 4) is 5.75 Å². The highest BCUT2D eigenvalue weighted by Gasteiger charge is 2.26. The van der Waals surface area contributed by atoms with Crippen LogP contribution in [0.15, 0.2) is 60.1 Å². The van der Waals surface area contributed by atoms with E-state index in [1.54, 1.807) is 18.4 Å². The normalized spacial score (nSPS) is 14.0. The van der Waals surface area contributed by atoms with E-state index in [9.17, 15) is 9.59 Å². The lowest BCUT2D eigenvalue weighted by molar-refractivity contribution is -0.131. The molecule has 0 atom stereocenters. The van der Waals surface area contributed by atoms with Crippen molar-refractivity contribution in [2.45, 2.75) is 13.0 Å². The molecule has 0 N–H and O–H groups in total. The SMILES string of the molecule is COc1cccc(CC(=O)N2CCN(C(=O)c3cccn3Cc3cccs3)CC2)c1. The van der Waals surface area contributed by atoms with Crippen LogP contribution in [-0.4, -0.2) is 59.5 Å². The summed E-state index contributed by atoms with van der Waals surface area (Å²) in [7, 11) is 1.62. The fourth-order valence-corrected chi connectivity index (χ4v) is 4.41. The second-order valence-corrected chi connectivity index (χ2v) is 8.33. The van der Waals surface area contributed by atoms with E-state index in [2.05, 4.69) is 6.07 Å². The standard InChI is InChI=1S/C23H25N3O3S/c1-29-19-6-2-5-18(15-19)16-22(27)24-10-12-25(13-11-24)23(28)21-8-3-9-26(21)17-20-7-4-14-30-20/h2-9,14-15H,10-13,16-17H2,1H3. The van der Waals surface area contributed by atoms with Gasteiger partial charge in [0.15, 0.2) is 0 Å². The molecule has 0 bridgehead atoms. The molecule has 1 fully saturated rings. The number of ether oxygens (including phenoxy) is 1. The molecule has 3 aromatic rings. The van der Waals surface area contributed by atoms with Crippen molar-refractivity contribution in [3.63, 3.8) is 0 Å². The lowest BCUT2D eigenvalue weighted by Crippen LogP contribution is -2.51. The predicted molar refractivity (Wildman–Crippen MR) is 117 cm³/mol. The molecule has 0 spiro atoms. The Balaban J connectivity index is 1.33. The highest BCUT2D eigenvalue weighted by atomic mass is 32.1. The van der Waals surface area contributed by atoms with Crippen molar-refractivity contribution in [2.24, 2.45) is 0 Å². The molecule has 0 aliphatic carbocycles. The molecule has 1 aliphatic rings. The Morgan fingerprint density at radius 2 is 1.80 bits per heavy atom. The molecule has 156 valence electrons. The van der Waals surface area contributed by atoms with Crippen molar-refractivity contribution in [3.05, 3.63) is 76.2 Å². The fourth-order valence-electron chi connectivity index (χ4n) is 3.71. The van der Waals surface area contributed by atoms with Crippen molar-refractivity contribution in [2.75, 3.05) is 33.3 Å². The number of carbonyl (C=O) groups is 2. The van der Waals surface area contributed by atoms with Crippen LogP contribution in [-0.2, 0) is 17.8 Å². The van der Waals surface area contributed by atoms with Gasteiger partial charge in [-0.1, -0.05) is 18.2 Å². The van der Waals surface area contributed by atoms with Crippen LogP contribution in [0.1, 0.15) is 20.9 Å². The van der Waals surface area contributed by atoms with Crippen molar-refractivity contribution in [1.29, 1.82) is 0 Å². The first-order chi connectivity index (χ1) is 14.6. The summed E-state index contributed by atoms with van der Waals surface area (Å²) in [6, 6.07) is 15.5. The first kappa shape index (κ1) is 20.2. The summed E-state index contributed by atoms with van der Waals surface area (Å²) < 4.78 is 7.22. The number of hydrogen-bond donors (Lipinski definition) is 0. The van der Waals surface area contributed by atoms with E-state index >= 15 is 0 Å². The van der Waals surface area contributed by atoms with Gasteiger partial charge < -0.3 is 19.1 Å². The second-order valence-electron chi connectivity index (χ2n) is 7.30. The van der Waals surface area contributed by atoms with Crippen LogP contribution in [0.5, 0.6) is 5.75 Å². The summed E-state index contributed by atoms with van der Waals surface area (Å²) in [5, 5.41) is 2.04. The monoisotopic (exact) mass is 423 g/mol. The van der Waals surface area contributed by atoms with Crippen LogP contribution in [0.3, 0.4) is 0 Å². The van der Waals surface area contributed by atoms with Crippen molar-refractivity contribution in [1.82, 2.24) is 14.4 Å². The average molecular weight is 424 g/mol. The summed E-state index contributed by atoms with van der Waals surface area (Å²) in [6.45, 7) is 2.91. The molecule has 2 aromatic heterocycles. The Labute approximate surface area is 180 Å². The van der Waals surface area contributed by atoms with Crippen LogP contribution in [0.2, 0.25) is 0 Å². The maximum Gasteiger partial charge on any atom is 0.270 e. The molecule has 0 radical (unpaired) electrons. The molecule has 1 aliphatic heterocycles. The number of hydrogen-bond acceptors (Lipinski definition) is 4. The maximum atomic E-state index is 13.0. The molecule has 4 rings (SSSR count). The van der Waals surface area contributed by atoms with Gasteiger partial charge in [0.25, 0.3) is 5.91 Å². The summed E-state index contributed by atoms with van der Waals surface area (Å²) in [5.74, 6) is 0.856. The van der Waals surface area contributed by atoms with Gasteiger partial charge in [0.1, 0.15) is 11.4 Å². The largest absolute Gasteiger partial charge is 0.497 e. The predicted octanol–water partition coefficient (Wildman–Crippen LogP) is 3.13. The topological polar surface area (TPSA) is 54.8 Å². The molecular formula is C23H25N3O3S. The maximum absolute atomic E-state index is 13.0. The number of nitrogens with zero attached hydrogens (tertiary/aromatic N) is 3. The van der Waals surface area contributed by atoms with Crippen LogP contribution >= 0.6 is 11.3 Å². The van der Waals surface area contributed by atoms with Crippen molar-refractivity contribution >= 4 is 23.2 Å². The van der Waals surface area contributed by atoms with Gasteiger partial charge in [-0.2, -0.15) is 0 Å². The Kier molecular flexibility index (Phi) is 6.18. The molecule has 0 saturated carbocycles. The van der Waals surface area contributed by atoms with Gasteiger partial charge in [0.2, 0.25) is 5.91 Å². The van der Waals surface area contributed by atoms with Gasteiger partial charge in [-0.15, -0.1) is 11.3 Å². The zero-order valence-corrected chi connectivity index (χ0v) is 17.8. The van der Waals surface area contributed by atoms with E-state index in [1.807, 2.05) is 68.4 Å². The van der Waals surface area contributed by atoms with E-state index in [1.165, 1.54) is 4.88 Å². The minimum absolute atomic E-state index is 0.0245. The molecular weight excluding hydrogens is 398 g/mol. The number of thiophene rings is 1. The lowest BCUT2D eigenvalue weighted by atomic mass is 10.1. The van der Waals surface area contributed by atoms with Gasteiger partial charge in [-0.05, 0) is 41.3 Å². The minimum atomic E-state index is 0.0245. The minimum Gasteiger partial charge on any atom is -0.497 e. The molecule has 3 heterocycles. The van der Waals surface area contributed by atoms with E-state index in [0.717, 1.165) is 11.3 Å². The summed E-state index contributed by atoms with van der Waals surface area (Å²) in [5.41, 5.74) is 1.63. The Bertz CT molecular complexity index is 1000. The highest BCUT2D eigenvalue weighted by Crippen LogP contribution is 2.17. The average Bonchev–Trinajstić information content (AvgIpc) is 3.46. The molecule has 7 heteroatoms. The lowest BCUT2D eigenvalue weighted by Gasteiger charge is -2.35. The van der Waals surface area contributed by atoms with E-state index in [4.69, 9.17) is 4.74 Å². The number of benzene rings is 1. The van der Waals surface area contributed by atoms with Gasteiger partial charge >= 0.3 is 0 Å². The number of aromatic nitrogens is 1. The Morgan fingerprint density at radius 3 is 2.53 bits per heavy atom. The number of piperazine rings is 1. The zero-order chi connectivity index (χ0) is 20.9. The number of rotatable bonds is 6. The summed E-state index contributed by atoms with van der Waals surface area (Å²) in [4.78, 5) is 30.6.